The van der Waals surface area contributed by atoms with Crippen LogP contribution in [-0.4, -0.2) is 10.8 Å². The second kappa shape index (κ2) is 8.20. The molecule has 4 aromatic rings. The minimum Gasteiger partial charge on any atom is -0.450 e. The molecule has 0 radical (unpaired) electrons. The molecule has 0 saturated carbocycles. The smallest absolute Gasteiger partial charge is 0.291 e. The molecule has 2 heterocycles. The van der Waals surface area contributed by atoms with Crippen LogP contribution in [0.3, 0.4) is 0 Å². The molecular formula is C28H24ClNO3. The third kappa shape index (κ3) is 3.65. The summed E-state index contributed by atoms with van der Waals surface area (Å²) in [6.45, 7) is 6.48. The van der Waals surface area contributed by atoms with E-state index in [9.17, 15) is 9.59 Å². The van der Waals surface area contributed by atoms with Gasteiger partial charge in [-0.05, 0) is 47.7 Å². The summed E-state index contributed by atoms with van der Waals surface area (Å²) in [6.07, 6.45) is 0. The van der Waals surface area contributed by atoms with Crippen molar-refractivity contribution >= 4 is 28.5 Å². The van der Waals surface area contributed by atoms with Gasteiger partial charge < -0.3 is 9.32 Å². The van der Waals surface area contributed by atoms with Crippen LogP contribution in [-0.2, 0) is 6.54 Å². The van der Waals surface area contributed by atoms with Crippen molar-refractivity contribution in [2.45, 2.75) is 39.3 Å². The van der Waals surface area contributed by atoms with Gasteiger partial charge in [0.05, 0.1) is 17.0 Å². The number of fused-ring (bicyclic) bond motifs is 2. The van der Waals surface area contributed by atoms with Crippen molar-refractivity contribution in [2.75, 3.05) is 0 Å². The Balaban J connectivity index is 1.72. The van der Waals surface area contributed by atoms with Crippen molar-refractivity contribution in [1.29, 1.82) is 0 Å². The van der Waals surface area contributed by atoms with Crippen LogP contribution in [0.1, 0.15) is 64.2 Å². The standard InChI is InChI=1S/C28H24ClNO3/c1-16(2)18-9-11-19(12-10-18)25-24-26(31)21-14-17(3)8-13-23(21)33-27(24)28(32)30(25)15-20-6-4-5-7-22(20)29/h4-14,16,25H,15H2,1-3H3. The van der Waals surface area contributed by atoms with Crippen LogP contribution in [0, 0.1) is 6.92 Å². The predicted octanol–water partition coefficient (Wildman–Crippen LogP) is 6.62. The molecule has 0 saturated heterocycles. The molecule has 1 aliphatic heterocycles. The summed E-state index contributed by atoms with van der Waals surface area (Å²) >= 11 is 6.42. The Hall–Kier alpha value is -3.37. The molecule has 5 rings (SSSR count). The quantitative estimate of drug-likeness (QED) is 0.346. The highest BCUT2D eigenvalue weighted by Gasteiger charge is 2.42. The molecular weight excluding hydrogens is 434 g/mol. The number of aryl methyl sites for hydroxylation is 1. The number of amides is 1. The van der Waals surface area contributed by atoms with Crippen LogP contribution >= 0.6 is 11.6 Å². The van der Waals surface area contributed by atoms with E-state index in [1.807, 2.05) is 49.4 Å². The van der Waals surface area contributed by atoms with Crippen molar-refractivity contribution < 1.29 is 9.21 Å². The second-order valence-corrected chi connectivity index (χ2v) is 9.33. The summed E-state index contributed by atoms with van der Waals surface area (Å²) < 4.78 is 6.04. The lowest BCUT2D eigenvalue weighted by molar-refractivity contribution is 0.0714. The number of rotatable bonds is 4. The van der Waals surface area contributed by atoms with Gasteiger partial charge in [0, 0.05) is 11.6 Å². The Morgan fingerprint density at radius 1 is 1.00 bits per heavy atom. The van der Waals surface area contributed by atoms with Crippen LogP contribution in [0.2, 0.25) is 5.02 Å². The molecule has 1 aliphatic rings. The maximum Gasteiger partial charge on any atom is 0.291 e. The summed E-state index contributed by atoms with van der Waals surface area (Å²) in [5.74, 6) is 0.191. The summed E-state index contributed by atoms with van der Waals surface area (Å²) in [7, 11) is 0. The zero-order chi connectivity index (χ0) is 23.3. The molecule has 0 aliphatic carbocycles. The number of halogens is 1. The van der Waals surface area contributed by atoms with Crippen molar-refractivity contribution in [1.82, 2.24) is 4.90 Å². The second-order valence-electron chi connectivity index (χ2n) is 8.92. The van der Waals surface area contributed by atoms with Gasteiger partial charge >= 0.3 is 0 Å². The van der Waals surface area contributed by atoms with E-state index in [0.717, 1.165) is 16.7 Å². The first-order valence-electron chi connectivity index (χ1n) is 11.1. The molecule has 0 N–H and O–H groups in total. The molecule has 5 heteroatoms. The maximum atomic E-state index is 13.7. The van der Waals surface area contributed by atoms with E-state index in [2.05, 4.69) is 26.0 Å². The normalized spacial score (nSPS) is 15.5. The molecule has 1 amide bonds. The van der Waals surface area contributed by atoms with E-state index < -0.39 is 6.04 Å². The minimum absolute atomic E-state index is 0.112. The minimum atomic E-state index is -0.550. The number of nitrogens with zero attached hydrogens (tertiary/aromatic N) is 1. The van der Waals surface area contributed by atoms with E-state index in [-0.39, 0.29) is 23.6 Å². The molecule has 0 bridgehead atoms. The SMILES string of the molecule is Cc1ccc2oc3c(c(=O)c2c1)C(c1ccc(C(C)C)cc1)N(Cc1ccccc1Cl)C3=O. The van der Waals surface area contributed by atoms with Crippen LogP contribution in [0.25, 0.3) is 11.0 Å². The number of carbonyl (C=O) groups excluding carboxylic acids is 1. The number of hydrogen-bond donors (Lipinski definition) is 0. The first-order valence-corrected chi connectivity index (χ1v) is 11.4. The van der Waals surface area contributed by atoms with Gasteiger partial charge in [0.2, 0.25) is 5.76 Å². The lowest BCUT2D eigenvalue weighted by atomic mass is 9.95. The van der Waals surface area contributed by atoms with Crippen molar-refractivity contribution in [3.05, 3.63) is 116 Å². The largest absolute Gasteiger partial charge is 0.450 e. The summed E-state index contributed by atoms with van der Waals surface area (Å²) in [6, 6.07) is 20.5. The Kier molecular flexibility index (Phi) is 5.34. The monoisotopic (exact) mass is 457 g/mol. The molecule has 0 spiro atoms. The fourth-order valence-electron chi connectivity index (χ4n) is 4.52. The zero-order valence-corrected chi connectivity index (χ0v) is 19.5. The van der Waals surface area contributed by atoms with E-state index >= 15 is 0 Å². The van der Waals surface area contributed by atoms with Crippen LogP contribution in [0.15, 0.2) is 75.9 Å². The molecule has 4 nitrogen and oxygen atoms in total. The third-order valence-electron chi connectivity index (χ3n) is 6.34. The fraction of sp³-hybridized carbons (Fsp3) is 0.214. The number of benzene rings is 3. The van der Waals surface area contributed by atoms with Crippen molar-refractivity contribution in [2.24, 2.45) is 0 Å². The Bertz CT molecular complexity index is 1440. The van der Waals surface area contributed by atoms with Gasteiger partial charge in [-0.25, -0.2) is 0 Å². The highest BCUT2D eigenvalue weighted by molar-refractivity contribution is 6.31. The van der Waals surface area contributed by atoms with Crippen molar-refractivity contribution in [3.8, 4) is 0 Å². The average molecular weight is 458 g/mol. The zero-order valence-electron chi connectivity index (χ0n) is 18.8. The van der Waals surface area contributed by atoms with Crippen LogP contribution in [0.4, 0.5) is 0 Å². The van der Waals surface area contributed by atoms with Crippen LogP contribution < -0.4 is 5.43 Å². The first-order chi connectivity index (χ1) is 15.8. The van der Waals surface area contributed by atoms with E-state index in [0.29, 0.717) is 27.5 Å². The fourth-order valence-corrected chi connectivity index (χ4v) is 4.71. The average Bonchev–Trinajstić information content (AvgIpc) is 3.08. The van der Waals surface area contributed by atoms with E-state index in [1.54, 1.807) is 17.0 Å². The topological polar surface area (TPSA) is 50.5 Å². The maximum absolute atomic E-state index is 13.7. The molecule has 3 aromatic carbocycles. The molecule has 33 heavy (non-hydrogen) atoms. The predicted molar refractivity (Wildman–Crippen MR) is 131 cm³/mol. The lowest BCUT2D eigenvalue weighted by Crippen LogP contribution is -2.29. The van der Waals surface area contributed by atoms with E-state index in [4.69, 9.17) is 16.0 Å². The highest BCUT2D eigenvalue weighted by Crippen LogP contribution is 2.40. The summed E-state index contributed by atoms with van der Waals surface area (Å²) in [5.41, 5.74) is 4.50. The van der Waals surface area contributed by atoms with Gasteiger partial charge in [0.1, 0.15) is 5.58 Å². The Morgan fingerprint density at radius 3 is 2.42 bits per heavy atom. The molecule has 1 atom stereocenters. The third-order valence-corrected chi connectivity index (χ3v) is 6.71. The van der Waals surface area contributed by atoms with Gasteiger partial charge in [0.25, 0.3) is 5.91 Å². The van der Waals surface area contributed by atoms with Crippen molar-refractivity contribution in [3.63, 3.8) is 0 Å². The Labute approximate surface area is 197 Å². The lowest BCUT2D eigenvalue weighted by Gasteiger charge is -2.26. The van der Waals surface area contributed by atoms with Gasteiger partial charge in [-0.2, -0.15) is 0 Å². The molecule has 0 fully saturated rings. The van der Waals surface area contributed by atoms with Gasteiger partial charge in [-0.3, -0.25) is 9.59 Å². The summed E-state index contributed by atoms with van der Waals surface area (Å²) in [5, 5.41) is 1.07. The number of hydrogen-bond acceptors (Lipinski definition) is 3. The van der Waals surface area contributed by atoms with Gasteiger partial charge in [-0.15, -0.1) is 0 Å². The molecule has 1 aromatic heterocycles. The summed E-state index contributed by atoms with van der Waals surface area (Å²) in [4.78, 5) is 28.9. The molecule has 1 unspecified atom stereocenters. The molecule has 166 valence electrons. The number of carbonyl (C=O) groups is 1. The van der Waals surface area contributed by atoms with Crippen LogP contribution in [0.5, 0.6) is 0 Å². The Morgan fingerprint density at radius 2 is 1.73 bits per heavy atom. The van der Waals surface area contributed by atoms with E-state index in [1.165, 1.54) is 5.56 Å². The highest BCUT2D eigenvalue weighted by atomic mass is 35.5. The first kappa shape index (κ1) is 21.5. The van der Waals surface area contributed by atoms with Gasteiger partial charge in [-0.1, -0.05) is 79.5 Å². The van der Waals surface area contributed by atoms with Gasteiger partial charge in [0.15, 0.2) is 5.43 Å².